The Labute approximate surface area is 129 Å². The number of rotatable bonds is 3. The van der Waals surface area contributed by atoms with Gasteiger partial charge in [0.25, 0.3) is 0 Å². The van der Waals surface area contributed by atoms with E-state index in [9.17, 15) is 4.79 Å². The standard InChI is InChI=1S/C17H20BrNO/c1-12(2)14-8-4-6-10-16(14)19(13(3)20)17-11-7-5-9-15(17)18/h4,6,8-10,17H,1,5,7,11H2,2-3H3. The van der Waals surface area contributed by atoms with Gasteiger partial charge in [-0.1, -0.05) is 46.8 Å². The number of anilines is 1. The highest BCUT2D eigenvalue weighted by atomic mass is 79.9. The molecule has 1 unspecified atom stereocenters. The zero-order valence-corrected chi connectivity index (χ0v) is 13.6. The molecule has 2 nitrogen and oxygen atoms in total. The van der Waals surface area contributed by atoms with Crippen LogP contribution in [0.3, 0.4) is 0 Å². The van der Waals surface area contributed by atoms with Crippen LogP contribution in [0.1, 0.15) is 38.7 Å². The summed E-state index contributed by atoms with van der Waals surface area (Å²) in [6.07, 6.45) is 5.35. The van der Waals surface area contributed by atoms with Crippen LogP contribution >= 0.6 is 15.9 Å². The molecule has 0 saturated heterocycles. The van der Waals surface area contributed by atoms with Gasteiger partial charge in [-0.2, -0.15) is 0 Å². The predicted molar refractivity (Wildman–Crippen MR) is 89.0 cm³/mol. The molecule has 0 heterocycles. The third-order valence-corrected chi connectivity index (χ3v) is 4.47. The molecule has 0 aliphatic heterocycles. The van der Waals surface area contributed by atoms with Crippen LogP contribution in [0.2, 0.25) is 0 Å². The van der Waals surface area contributed by atoms with E-state index in [4.69, 9.17) is 0 Å². The lowest BCUT2D eigenvalue weighted by molar-refractivity contribution is -0.116. The number of benzene rings is 1. The van der Waals surface area contributed by atoms with Gasteiger partial charge in [-0.25, -0.2) is 0 Å². The van der Waals surface area contributed by atoms with Crippen molar-refractivity contribution in [2.75, 3.05) is 4.90 Å². The maximum Gasteiger partial charge on any atom is 0.224 e. The highest BCUT2D eigenvalue weighted by Gasteiger charge is 2.28. The molecule has 1 atom stereocenters. The van der Waals surface area contributed by atoms with Gasteiger partial charge in [0, 0.05) is 17.0 Å². The number of carbonyl (C=O) groups excluding carboxylic acids is 1. The second kappa shape index (κ2) is 6.40. The van der Waals surface area contributed by atoms with E-state index in [0.29, 0.717) is 0 Å². The summed E-state index contributed by atoms with van der Waals surface area (Å²) in [5, 5.41) is 0. The van der Waals surface area contributed by atoms with Crippen LogP contribution in [-0.4, -0.2) is 11.9 Å². The van der Waals surface area contributed by atoms with E-state index >= 15 is 0 Å². The van der Waals surface area contributed by atoms with Crippen LogP contribution in [0.15, 0.2) is 41.4 Å². The molecule has 1 aliphatic carbocycles. The number of amides is 1. The quantitative estimate of drug-likeness (QED) is 0.770. The van der Waals surface area contributed by atoms with Gasteiger partial charge in [-0.3, -0.25) is 4.79 Å². The molecule has 0 aromatic heterocycles. The van der Waals surface area contributed by atoms with Crippen molar-refractivity contribution in [3.63, 3.8) is 0 Å². The van der Waals surface area contributed by atoms with Crippen LogP contribution in [-0.2, 0) is 4.79 Å². The molecule has 0 radical (unpaired) electrons. The maximum atomic E-state index is 12.2. The smallest absolute Gasteiger partial charge is 0.224 e. The zero-order valence-electron chi connectivity index (χ0n) is 12.0. The normalized spacial score (nSPS) is 18.4. The summed E-state index contributed by atoms with van der Waals surface area (Å²) in [6.45, 7) is 7.63. The van der Waals surface area contributed by atoms with Crippen molar-refractivity contribution in [3.8, 4) is 0 Å². The van der Waals surface area contributed by atoms with Gasteiger partial charge in [-0.15, -0.1) is 0 Å². The lowest BCUT2D eigenvalue weighted by Crippen LogP contribution is -2.40. The molecule has 0 saturated carbocycles. The summed E-state index contributed by atoms with van der Waals surface area (Å²) in [5.41, 5.74) is 2.96. The molecule has 0 fully saturated rings. The molecule has 1 aromatic rings. The molecule has 0 N–H and O–H groups in total. The molecular weight excluding hydrogens is 314 g/mol. The van der Waals surface area contributed by atoms with Gasteiger partial charge in [-0.05, 0) is 37.8 Å². The topological polar surface area (TPSA) is 20.3 Å². The molecular formula is C17H20BrNO. The van der Waals surface area contributed by atoms with E-state index in [2.05, 4.69) is 28.6 Å². The van der Waals surface area contributed by atoms with E-state index in [1.165, 1.54) is 0 Å². The number of nitrogens with zero attached hydrogens (tertiary/aromatic N) is 1. The first kappa shape index (κ1) is 15.0. The van der Waals surface area contributed by atoms with Crippen molar-refractivity contribution in [3.05, 3.63) is 47.0 Å². The fraction of sp³-hybridized carbons (Fsp3) is 0.353. The Morgan fingerprint density at radius 2 is 2.05 bits per heavy atom. The Kier molecular flexibility index (Phi) is 4.81. The summed E-state index contributed by atoms with van der Waals surface area (Å²) < 4.78 is 1.11. The van der Waals surface area contributed by atoms with E-state index in [1.807, 2.05) is 36.1 Å². The lowest BCUT2D eigenvalue weighted by atomic mass is 9.98. The van der Waals surface area contributed by atoms with Gasteiger partial charge in [0.15, 0.2) is 0 Å². The molecule has 1 aliphatic rings. The van der Waals surface area contributed by atoms with Crippen LogP contribution in [0, 0.1) is 0 Å². The third-order valence-electron chi connectivity index (χ3n) is 3.61. The molecule has 0 spiro atoms. The third kappa shape index (κ3) is 3.04. The first-order chi connectivity index (χ1) is 9.52. The van der Waals surface area contributed by atoms with Crippen molar-refractivity contribution < 1.29 is 4.79 Å². The minimum atomic E-state index is 0.0657. The number of para-hydroxylation sites is 1. The Hall–Kier alpha value is -1.35. The molecule has 2 rings (SSSR count). The Bertz CT molecular complexity index is 562. The molecule has 3 heteroatoms. The average molecular weight is 334 g/mol. The summed E-state index contributed by atoms with van der Waals surface area (Å²) in [4.78, 5) is 14.1. The van der Waals surface area contributed by atoms with Gasteiger partial charge in [0.05, 0.1) is 11.7 Å². The van der Waals surface area contributed by atoms with Gasteiger partial charge >= 0.3 is 0 Å². The fourth-order valence-electron chi connectivity index (χ4n) is 2.68. The second-order valence-electron chi connectivity index (χ2n) is 5.22. The fourth-order valence-corrected chi connectivity index (χ4v) is 3.34. The zero-order chi connectivity index (χ0) is 14.7. The molecule has 1 aromatic carbocycles. The van der Waals surface area contributed by atoms with Crippen molar-refractivity contribution >= 4 is 33.1 Å². The van der Waals surface area contributed by atoms with Crippen LogP contribution < -0.4 is 4.90 Å². The average Bonchev–Trinajstić information content (AvgIpc) is 2.41. The van der Waals surface area contributed by atoms with Crippen molar-refractivity contribution in [2.45, 2.75) is 39.2 Å². The monoisotopic (exact) mass is 333 g/mol. The number of halogens is 1. The van der Waals surface area contributed by atoms with Crippen molar-refractivity contribution in [2.24, 2.45) is 0 Å². The van der Waals surface area contributed by atoms with E-state index in [1.54, 1.807) is 6.92 Å². The highest BCUT2D eigenvalue weighted by Crippen LogP contribution is 2.34. The summed E-state index contributed by atoms with van der Waals surface area (Å²) in [7, 11) is 0. The maximum absolute atomic E-state index is 12.2. The van der Waals surface area contributed by atoms with E-state index in [0.717, 1.165) is 40.6 Å². The summed E-state index contributed by atoms with van der Waals surface area (Å²) in [5.74, 6) is 0.0657. The molecule has 0 bridgehead atoms. The SMILES string of the molecule is C=C(C)c1ccccc1N(C(C)=O)C1CCCC=C1Br. The summed E-state index contributed by atoms with van der Waals surface area (Å²) in [6, 6.07) is 8.08. The first-order valence-corrected chi connectivity index (χ1v) is 7.72. The van der Waals surface area contributed by atoms with E-state index < -0.39 is 0 Å². The second-order valence-corrected chi connectivity index (χ2v) is 6.14. The molecule has 1 amide bonds. The number of hydrogen-bond acceptors (Lipinski definition) is 1. The Morgan fingerprint density at radius 3 is 2.65 bits per heavy atom. The van der Waals surface area contributed by atoms with Gasteiger partial charge < -0.3 is 4.90 Å². The van der Waals surface area contributed by atoms with Gasteiger partial charge in [0.1, 0.15) is 0 Å². The largest absolute Gasteiger partial charge is 0.304 e. The van der Waals surface area contributed by atoms with Crippen molar-refractivity contribution in [1.82, 2.24) is 0 Å². The molecule has 20 heavy (non-hydrogen) atoms. The van der Waals surface area contributed by atoms with E-state index in [-0.39, 0.29) is 11.9 Å². The highest BCUT2D eigenvalue weighted by molar-refractivity contribution is 9.11. The Balaban J connectivity index is 2.49. The van der Waals surface area contributed by atoms with Gasteiger partial charge in [0.2, 0.25) is 5.91 Å². The van der Waals surface area contributed by atoms with Crippen LogP contribution in [0.4, 0.5) is 5.69 Å². The number of carbonyl (C=O) groups is 1. The molecule has 106 valence electrons. The van der Waals surface area contributed by atoms with Crippen LogP contribution in [0.25, 0.3) is 5.57 Å². The Morgan fingerprint density at radius 1 is 1.35 bits per heavy atom. The van der Waals surface area contributed by atoms with Crippen LogP contribution in [0.5, 0.6) is 0 Å². The first-order valence-electron chi connectivity index (χ1n) is 6.92. The minimum absolute atomic E-state index is 0.0657. The number of allylic oxidation sites excluding steroid dienone is 2. The number of hydrogen-bond donors (Lipinski definition) is 0. The summed E-state index contributed by atoms with van der Waals surface area (Å²) >= 11 is 3.63. The lowest BCUT2D eigenvalue weighted by Gasteiger charge is -2.34. The minimum Gasteiger partial charge on any atom is -0.304 e. The predicted octanol–water partition coefficient (Wildman–Crippen LogP) is 4.90. The van der Waals surface area contributed by atoms with Crippen molar-refractivity contribution in [1.29, 1.82) is 0 Å².